The lowest BCUT2D eigenvalue weighted by molar-refractivity contribution is -0.135. The monoisotopic (exact) mass is 349 g/mol. The molecule has 0 saturated carbocycles. The molecule has 0 saturated heterocycles. The first-order chi connectivity index (χ1) is 12.6. The molecule has 132 valence electrons. The van der Waals surface area contributed by atoms with Gasteiger partial charge in [0.05, 0.1) is 22.6 Å². The molecule has 26 heavy (non-hydrogen) atoms. The molecule has 0 aliphatic rings. The zero-order valence-electron chi connectivity index (χ0n) is 14.6. The smallest absolute Gasteiger partial charge is 0.338 e. The maximum absolute atomic E-state index is 12.3. The molecule has 0 unspecified atom stereocenters. The average Bonchev–Trinajstić information content (AvgIpc) is 2.70. The number of carbonyl (C=O) groups excluding carboxylic acids is 2. The zero-order valence-corrected chi connectivity index (χ0v) is 14.6. The molecule has 1 heterocycles. The Hall–Kier alpha value is -3.28. The summed E-state index contributed by atoms with van der Waals surface area (Å²) in [7, 11) is 1.69. The number of ether oxygens (including phenoxy) is 1. The van der Waals surface area contributed by atoms with Gasteiger partial charge >= 0.3 is 5.97 Å². The standard InChI is InChI=1S/C20H19N3O3/c1-14(15-6-4-3-5-7-15)23(2)19(24)13-26-20(25)16-8-9-17-18(12-16)22-11-10-21-17/h3-12,14H,13H2,1-2H3/t14-/m0/s1. The predicted molar refractivity (Wildman–Crippen MR) is 97.4 cm³/mol. The van der Waals surface area contributed by atoms with E-state index in [2.05, 4.69) is 9.97 Å². The van der Waals surface area contributed by atoms with Crippen LogP contribution in [0.2, 0.25) is 0 Å². The number of likely N-dealkylation sites (N-methyl/N-ethyl adjacent to an activating group) is 1. The van der Waals surface area contributed by atoms with Gasteiger partial charge < -0.3 is 9.64 Å². The van der Waals surface area contributed by atoms with Crippen molar-refractivity contribution in [2.24, 2.45) is 0 Å². The Bertz CT molecular complexity index is 928. The number of carbonyl (C=O) groups is 2. The van der Waals surface area contributed by atoms with Crippen molar-refractivity contribution in [3.63, 3.8) is 0 Å². The van der Waals surface area contributed by atoms with E-state index in [-0.39, 0.29) is 18.6 Å². The molecule has 0 N–H and O–H groups in total. The van der Waals surface area contributed by atoms with E-state index in [1.807, 2.05) is 37.3 Å². The van der Waals surface area contributed by atoms with E-state index >= 15 is 0 Å². The summed E-state index contributed by atoms with van der Waals surface area (Å²) >= 11 is 0. The van der Waals surface area contributed by atoms with Gasteiger partial charge in [-0.15, -0.1) is 0 Å². The lowest BCUT2D eigenvalue weighted by Crippen LogP contribution is -2.33. The molecule has 0 aliphatic heterocycles. The molecule has 3 aromatic rings. The number of hydrogen-bond acceptors (Lipinski definition) is 5. The number of aromatic nitrogens is 2. The highest BCUT2D eigenvalue weighted by atomic mass is 16.5. The van der Waals surface area contributed by atoms with Crippen molar-refractivity contribution in [2.45, 2.75) is 13.0 Å². The van der Waals surface area contributed by atoms with E-state index in [1.54, 1.807) is 42.5 Å². The van der Waals surface area contributed by atoms with Gasteiger partial charge in [-0.25, -0.2) is 4.79 Å². The number of esters is 1. The normalized spacial score (nSPS) is 11.8. The SMILES string of the molecule is C[C@@H](c1ccccc1)N(C)C(=O)COC(=O)c1ccc2nccnc2c1. The molecule has 6 nitrogen and oxygen atoms in total. The van der Waals surface area contributed by atoms with Crippen LogP contribution in [0.3, 0.4) is 0 Å². The Morgan fingerprint density at radius 3 is 2.46 bits per heavy atom. The molecular formula is C20H19N3O3. The van der Waals surface area contributed by atoms with Crippen LogP contribution in [0.5, 0.6) is 0 Å². The largest absolute Gasteiger partial charge is 0.452 e. The van der Waals surface area contributed by atoms with E-state index in [9.17, 15) is 9.59 Å². The number of rotatable bonds is 5. The molecule has 6 heteroatoms. The minimum Gasteiger partial charge on any atom is -0.452 e. The second-order valence-corrected chi connectivity index (χ2v) is 5.93. The highest BCUT2D eigenvalue weighted by Gasteiger charge is 2.19. The molecule has 0 radical (unpaired) electrons. The lowest BCUT2D eigenvalue weighted by atomic mass is 10.1. The number of benzene rings is 2. The molecule has 0 fully saturated rings. The Morgan fingerprint density at radius 2 is 1.73 bits per heavy atom. The number of hydrogen-bond donors (Lipinski definition) is 0. The molecule has 3 rings (SSSR count). The summed E-state index contributed by atoms with van der Waals surface area (Å²) in [4.78, 5) is 34.4. The molecule has 1 amide bonds. The van der Waals surface area contributed by atoms with E-state index in [4.69, 9.17) is 4.74 Å². The fourth-order valence-corrected chi connectivity index (χ4v) is 2.57. The lowest BCUT2D eigenvalue weighted by Gasteiger charge is -2.25. The number of fused-ring (bicyclic) bond motifs is 1. The Balaban J connectivity index is 1.61. The number of amides is 1. The summed E-state index contributed by atoms with van der Waals surface area (Å²) in [5.41, 5.74) is 2.65. The fraction of sp³-hybridized carbons (Fsp3) is 0.200. The van der Waals surface area contributed by atoms with Crippen molar-refractivity contribution in [2.75, 3.05) is 13.7 Å². The van der Waals surface area contributed by atoms with Gasteiger partial charge in [-0.3, -0.25) is 14.8 Å². The van der Waals surface area contributed by atoms with Crippen LogP contribution in [0, 0.1) is 0 Å². The Morgan fingerprint density at radius 1 is 1.04 bits per heavy atom. The van der Waals surface area contributed by atoms with Crippen LogP contribution < -0.4 is 0 Å². The molecule has 1 aromatic heterocycles. The molecule has 2 aromatic carbocycles. The first-order valence-corrected chi connectivity index (χ1v) is 8.25. The summed E-state index contributed by atoms with van der Waals surface area (Å²) in [5, 5.41) is 0. The van der Waals surface area contributed by atoms with Gasteiger partial charge in [-0.2, -0.15) is 0 Å². The highest BCUT2D eigenvalue weighted by molar-refractivity contribution is 5.94. The second kappa shape index (κ2) is 7.74. The van der Waals surface area contributed by atoms with Gasteiger partial charge in [0.1, 0.15) is 0 Å². The minimum atomic E-state index is -0.563. The predicted octanol–water partition coefficient (Wildman–Crippen LogP) is 3.01. The topological polar surface area (TPSA) is 72.4 Å². The summed E-state index contributed by atoms with van der Waals surface area (Å²) in [6, 6.07) is 14.5. The maximum atomic E-state index is 12.3. The third-order valence-corrected chi connectivity index (χ3v) is 4.29. The van der Waals surface area contributed by atoms with Crippen LogP contribution in [-0.2, 0) is 9.53 Å². The van der Waals surface area contributed by atoms with Gasteiger partial charge in [0.15, 0.2) is 6.61 Å². The first-order valence-electron chi connectivity index (χ1n) is 8.25. The van der Waals surface area contributed by atoms with Crippen LogP contribution in [0.4, 0.5) is 0 Å². The van der Waals surface area contributed by atoms with Crippen molar-refractivity contribution in [3.8, 4) is 0 Å². The summed E-state index contributed by atoms with van der Waals surface area (Å²) in [6.07, 6.45) is 3.14. The van der Waals surface area contributed by atoms with Crippen molar-refractivity contribution >= 4 is 22.9 Å². The Kier molecular flexibility index (Phi) is 5.22. The van der Waals surface area contributed by atoms with Gasteiger partial charge in [0.2, 0.25) is 0 Å². The first kappa shape index (κ1) is 17.5. The van der Waals surface area contributed by atoms with Gasteiger partial charge in [0, 0.05) is 19.4 Å². The maximum Gasteiger partial charge on any atom is 0.338 e. The molecule has 1 atom stereocenters. The quantitative estimate of drug-likeness (QED) is 0.662. The third-order valence-electron chi connectivity index (χ3n) is 4.29. The minimum absolute atomic E-state index is 0.113. The fourth-order valence-electron chi connectivity index (χ4n) is 2.57. The Labute approximate surface area is 151 Å². The summed E-state index contributed by atoms with van der Waals surface area (Å²) < 4.78 is 5.17. The van der Waals surface area contributed by atoms with Crippen LogP contribution >= 0.6 is 0 Å². The second-order valence-electron chi connectivity index (χ2n) is 5.93. The van der Waals surface area contributed by atoms with Gasteiger partial charge in [-0.05, 0) is 30.7 Å². The van der Waals surface area contributed by atoms with Gasteiger partial charge in [-0.1, -0.05) is 30.3 Å². The van der Waals surface area contributed by atoms with Crippen LogP contribution in [-0.4, -0.2) is 40.4 Å². The van der Waals surface area contributed by atoms with E-state index in [0.717, 1.165) is 5.56 Å². The zero-order chi connectivity index (χ0) is 18.5. The van der Waals surface area contributed by atoms with Gasteiger partial charge in [0.25, 0.3) is 5.91 Å². The molecule has 0 spiro atoms. The number of nitrogens with zero attached hydrogens (tertiary/aromatic N) is 3. The summed E-state index contributed by atoms with van der Waals surface area (Å²) in [5.74, 6) is -0.832. The summed E-state index contributed by atoms with van der Waals surface area (Å²) in [6.45, 7) is 1.61. The molecule has 0 bridgehead atoms. The average molecular weight is 349 g/mol. The van der Waals surface area contributed by atoms with Crippen molar-refractivity contribution in [3.05, 3.63) is 72.1 Å². The van der Waals surface area contributed by atoms with Crippen molar-refractivity contribution in [1.82, 2.24) is 14.9 Å². The van der Waals surface area contributed by atoms with Crippen LogP contribution in [0.15, 0.2) is 60.9 Å². The third kappa shape index (κ3) is 3.85. The highest BCUT2D eigenvalue weighted by Crippen LogP contribution is 2.18. The van der Waals surface area contributed by atoms with E-state index in [1.165, 1.54) is 0 Å². The van der Waals surface area contributed by atoms with Crippen molar-refractivity contribution in [1.29, 1.82) is 0 Å². The van der Waals surface area contributed by atoms with Crippen LogP contribution in [0.25, 0.3) is 11.0 Å². The molecular weight excluding hydrogens is 330 g/mol. The van der Waals surface area contributed by atoms with Crippen LogP contribution in [0.1, 0.15) is 28.9 Å². The van der Waals surface area contributed by atoms with E-state index < -0.39 is 5.97 Å². The van der Waals surface area contributed by atoms with Crippen molar-refractivity contribution < 1.29 is 14.3 Å². The van der Waals surface area contributed by atoms with E-state index in [0.29, 0.717) is 16.6 Å². The molecule has 0 aliphatic carbocycles.